The Labute approximate surface area is 241 Å². The summed E-state index contributed by atoms with van der Waals surface area (Å²) in [5.74, 6) is -3.40. The van der Waals surface area contributed by atoms with Gasteiger partial charge in [-0.05, 0) is 73.5 Å². The van der Waals surface area contributed by atoms with E-state index in [9.17, 15) is 26.5 Å². The smallest absolute Gasteiger partial charge is 0.429 e. The fourth-order valence-corrected chi connectivity index (χ4v) is 7.11. The number of esters is 1. The highest BCUT2D eigenvalue weighted by molar-refractivity contribution is 7.97. The molecule has 1 heterocycles. The maximum Gasteiger partial charge on any atom is 0.429 e. The average molecular weight is 607 g/mol. The molecule has 220 valence electrons. The molecule has 1 aliphatic heterocycles. The largest absolute Gasteiger partial charge is 0.743 e. The molecular formula is C30H32F2O7S2. The normalized spacial score (nSPS) is 21.8. The summed E-state index contributed by atoms with van der Waals surface area (Å²) in [5.41, 5.74) is 0.739. The van der Waals surface area contributed by atoms with Crippen LogP contribution in [0.25, 0.3) is 0 Å². The fourth-order valence-electron chi connectivity index (χ4n) is 4.80. The summed E-state index contributed by atoms with van der Waals surface area (Å²) < 4.78 is 76.6. The lowest BCUT2D eigenvalue weighted by molar-refractivity contribution is -0.337. The van der Waals surface area contributed by atoms with Gasteiger partial charge in [0.15, 0.2) is 30.6 Å². The second kappa shape index (κ2) is 11.4. The molecule has 0 aromatic heterocycles. The van der Waals surface area contributed by atoms with Crippen molar-refractivity contribution in [3.8, 4) is 5.75 Å². The quantitative estimate of drug-likeness (QED) is 0.132. The topological polar surface area (TPSA) is 102 Å². The number of hydrogen-bond acceptors (Lipinski definition) is 7. The van der Waals surface area contributed by atoms with E-state index in [1.807, 2.05) is 61.5 Å². The highest BCUT2D eigenvalue weighted by Crippen LogP contribution is 2.43. The summed E-state index contributed by atoms with van der Waals surface area (Å²) in [6, 6.07) is 23.3. The van der Waals surface area contributed by atoms with E-state index in [0.717, 1.165) is 20.2 Å². The summed E-state index contributed by atoms with van der Waals surface area (Å²) in [4.78, 5) is 14.4. The van der Waals surface area contributed by atoms with Crippen molar-refractivity contribution in [3.63, 3.8) is 0 Å². The summed E-state index contributed by atoms with van der Waals surface area (Å²) in [5, 5.41) is -5.20. The number of hydrogen-bond donors (Lipinski definition) is 0. The van der Waals surface area contributed by atoms with Crippen molar-refractivity contribution in [3.05, 3.63) is 84.4 Å². The Morgan fingerprint density at radius 2 is 1.46 bits per heavy atom. The first-order valence-corrected chi connectivity index (χ1v) is 15.6. The van der Waals surface area contributed by atoms with Crippen LogP contribution in [0.3, 0.4) is 0 Å². The molecule has 3 atom stereocenters. The van der Waals surface area contributed by atoms with Crippen LogP contribution in [0, 0.1) is 11.3 Å². The first-order valence-electron chi connectivity index (χ1n) is 12.9. The van der Waals surface area contributed by atoms with Gasteiger partial charge < -0.3 is 18.8 Å². The minimum absolute atomic E-state index is 0.00110. The zero-order chi connectivity index (χ0) is 30.2. The van der Waals surface area contributed by atoms with Crippen LogP contribution in [0.5, 0.6) is 5.75 Å². The second-order valence-corrected chi connectivity index (χ2v) is 14.4. The molecule has 4 rings (SSSR count). The minimum Gasteiger partial charge on any atom is -0.743 e. The van der Waals surface area contributed by atoms with Gasteiger partial charge in [-0.3, -0.25) is 0 Å². The van der Waals surface area contributed by atoms with Gasteiger partial charge in [0, 0.05) is 11.0 Å². The predicted molar refractivity (Wildman–Crippen MR) is 149 cm³/mol. The van der Waals surface area contributed by atoms with Crippen LogP contribution in [0.2, 0.25) is 0 Å². The molecule has 0 radical (unpaired) electrons. The van der Waals surface area contributed by atoms with E-state index in [1.54, 1.807) is 12.1 Å². The number of carbonyl (C=O) groups is 1. The maximum atomic E-state index is 13.6. The predicted octanol–water partition coefficient (Wildman–Crippen LogP) is 6.10. The van der Waals surface area contributed by atoms with Crippen molar-refractivity contribution in [1.82, 2.24) is 0 Å². The average Bonchev–Trinajstić information content (AvgIpc) is 2.91. The minimum atomic E-state index is -6.22. The molecule has 1 aliphatic rings. The van der Waals surface area contributed by atoms with Gasteiger partial charge >= 0.3 is 11.2 Å². The lowest BCUT2D eigenvalue weighted by Gasteiger charge is -2.49. The van der Waals surface area contributed by atoms with Gasteiger partial charge in [0.2, 0.25) is 0 Å². The molecule has 3 aromatic carbocycles. The molecule has 41 heavy (non-hydrogen) atoms. The van der Waals surface area contributed by atoms with E-state index < -0.39 is 38.0 Å². The van der Waals surface area contributed by atoms with Crippen molar-refractivity contribution in [2.75, 3.05) is 6.61 Å². The Morgan fingerprint density at radius 1 is 0.951 bits per heavy atom. The number of halogens is 2. The Hall–Kier alpha value is -2.83. The van der Waals surface area contributed by atoms with E-state index in [0.29, 0.717) is 12.5 Å². The molecule has 0 aliphatic carbocycles. The third-order valence-corrected chi connectivity index (χ3v) is 9.89. The molecule has 11 heteroatoms. The highest BCUT2D eigenvalue weighted by Gasteiger charge is 2.49. The standard InChI is InChI=1S/C30H32F2O7S2/c1-20(2)26-28(3,4)19-37-29(5,39-26)21-11-15-24(16-12-21)40(23-9-7-6-8-10-23)25-17-13-22(14-18-25)38-27(33)30(31,32)41(34,35)36/h6-18,20,26H,19H2,1-5H3. The summed E-state index contributed by atoms with van der Waals surface area (Å²) in [7, 11) is -6.86. The van der Waals surface area contributed by atoms with Crippen LogP contribution in [-0.2, 0) is 41.1 Å². The number of carbonyl (C=O) groups excluding carboxylic acids is 1. The van der Waals surface area contributed by atoms with Crippen LogP contribution in [0.15, 0.2) is 93.5 Å². The van der Waals surface area contributed by atoms with Gasteiger partial charge in [0.1, 0.15) is 5.75 Å². The van der Waals surface area contributed by atoms with E-state index in [4.69, 9.17) is 9.47 Å². The molecule has 0 spiro atoms. The van der Waals surface area contributed by atoms with Crippen molar-refractivity contribution in [1.29, 1.82) is 0 Å². The fraction of sp³-hybridized carbons (Fsp3) is 0.367. The monoisotopic (exact) mass is 606 g/mol. The zero-order valence-corrected chi connectivity index (χ0v) is 24.9. The van der Waals surface area contributed by atoms with Crippen molar-refractivity contribution < 1.29 is 40.8 Å². The van der Waals surface area contributed by atoms with Gasteiger partial charge in [-0.2, -0.15) is 8.78 Å². The van der Waals surface area contributed by atoms with E-state index >= 15 is 0 Å². The number of ether oxygens (including phenoxy) is 3. The van der Waals surface area contributed by atoms with Gasteiger partial charge in [0.05, 0.1) is 23.6 Å². The molecular weight excluding hydrogens is 574 g/mol. The second-order valence-electron chi connectivity index (χ2n) is 11.0. The Bertz CT molecular complexity index is 1480. The Balaban J connectivity index is 1.62. The van der Waals surface area contributed by atoms with Crippen molar-refractivity contribution in [2.24, 2.45) is 11.3 Å². The summed E-state index contributed by atoms with van der Waals surface area (Å²) in [6.45, 7) is 11.0. The van der Waals surface area contributed by atoms with Gasteiger partial charge in [-0.15, -0.1) is 0 Å². The van der Waals surface area contributed by atoms with Crippen LogP contribution in [-0.4, -0.2) is 36.9 Å². The third-order valence-electron chi connectivity index (χ3n) is 6.86. The van der Waals surface area contributed by atoms with E-state index in [-0.39, 0.29) is 17.3 Å². The molecule has 0 amide bonds. The first-order chi connectivity index (χ1) is 19.0. The molecule has 1 fully saturated rings. The highest BCUT2D eigenvalue weighted by atomic mass is 32.2. The molecule has 1 saturated heterocycles. The van der Waals surface area contributed by atoms with Crippen LogP contribution in [0.1, 0.15) is 40.2 Å². The van der Waals surface area contributed by atoms with Crippen molar-refractivity contribution in [2.45, 2.75) is 66.5 Å². The lowest BCUT2D eigenvalue weighted by atomic mass is 9.80. The van der Waals surface area contributed by atoms with Gasteiger partial charge in [-0.25, -0.2) is 13.2 Å². The third kappa shape index (κ3) is 6.49. The van der Waals surface area contributed by atoms with Gasteiger partial charge in [0.25, 0.3) is 0 Å². The SMILES string of the molecule is CC(C)C1OC(C)(c2ccc([S+](c3ccccc3)c3ccc(OC(=O)C(F)(F)S(=O)(=O)[O-])cc3)cc2)OCC1(C)C. The molecule has 3 aromatic rings. The number of alkyl halides is 2. The van der Waals surface area contributed by atoms with Crippen LogP contribution < -0.4 is 4.74 Å². The maximum absolute atomic E-state index is 13.6. The molecule has 0 bridgehead atoms. The lowest BCUT2D eigenvalue weighted by Crippen LogP contribution is -2.52. The molecule has 0 saturated carbocycles. The summed E-state index contributed by atoms with van der Waals surface area (Å²) >= 11 is 0. The number of rotatable bonds is 8. The zero-order valence-electron chi connectivity index (χ0n) is 23.3. The van der Waals surface area contributed by atoms with E-state index in [1.165, 1.54) is 12.1 Å². The van der Waals surface area contributed by atoms with Gasteiger partial charge in [-0.1, -0.05) is 45.9 Å². The van der Waals surface area contributed by atoms with Crippen LogP contribution >= 0.6 is 0 Å². The Morgan fingerprint density at radius 3 is 1.98 bits per heavy atom. The molecule has 7 nitrogen and oxygen atoms in total. The number of benzene rings is 3. The summed E-state index contributed by atoms with van der Waals surface area (Å²) in [6.07, 6.45) is 0.00110. The van der Waals surface area contributed by atoms with Crippen molar-refractivity contribution >= 4 is 27.0 Å². The van der Waals surface area contributed by atoms with Crippen LogP contribution in [0.4, 0.5) is 8.78 Å². The molecule has 3 unspecified atom stereocenters. The molecule has 0 N–H and O–H groups in total. The first kappa shape index (κ1) is 31.1. The van der Waals surface area contributed by atoms with E-state index in [2.05, 4.69) is 32.4 Å². The Kier molecular flexibility index (Phi) is 8.69.